The van der Waals surface area contributed by atoms with E-state index in [4.69, 9.17) is 0 Å². The Kier molecular flexibility index (Phi) is 4.71. The van der Waals surface area contributed by atoms with Crippen LogP contribution in [0.25, 0.3) is 0 Å². The second kappa shape index (κ2) is 5.97. The van der Waals surface area contributed by atoms with Gasteiger partial charge in [0.2, 0.25) is 5.91 Å². The van der Waals surface area contributed by atoms with Gasteiger partial charge < -0.3 is 10.6 Å². The van der Waals surface area contributed by atoms with Crippen LogP contribution in [-0.4, -0.2) is 32.2 Å². The molecule has 0 aromatic carbocycles. The van der Waals surface area contributed by atoms with Gasteiger partial charge in [0.15, 0.2) is 0 Å². The van der Waals surface area contributed by atoms with Crippen LogP contribution in [0.3, 0.4) is 0 Å². The molecule has 1 saturated heterocycles. The molecule has 0 aromatic rings. The number of carbonyl (C=O) groups excluding carboxylic acids is 1. The molecule has 4 nitrogen and oxygen atoms in total. The molecule has 1 heterocycles. The molecule has 0 unspecified atom stereocenters. The molecule has 1 rings (SSSR count). The minimum absolute atomic E-state index is 0.0735. The van der Waals surface area contributed by atoms with E-state index in [0.29, 0.717) is 13.2 Å². The van der Waals surface area contributed by atoms with Crippen molar-refractivity contribution in [2.45, 2.75) is 19.3 Å². The average Bonchev–Trinajstić information content (AvgIpc) is 2.11. The Bertz CT molecular complexity index is 124. The fourth-order valence-corrected chi connectivity index (χ4v) is 1.19. The lowest BCUT2D eigenvalue weighted by Gasteiger charge is -2.04. The zero-order valence-corrected chi connectivity index (χ0v) is 7.36. The van der Waals surface area contributed by atoms with E-state index in [9.17, 15) is 4.79 Å². The summed E-state index contributed by atoms with van der Waals surface area (Å²) in [6.07, 6.45) is 3.58. The average molecular weight is 171 g/mol. The van der Waals surface area contributed by atoms with Crippen LogP contribution in [0.2, 0.25) is 0 Å². The van der Waals surface area contributed by atoms with E-state index in [1.165, 1.54) is 12.8 Å². The fourth-order valence-electron chi connectivity index (χ4n) is 1.19. The van der Waals surface area contributed by atoms with Gasteiger partial charge in [-0.3, -0.25) is 10.1 Å². The van der Waals surface area contributed by atoms with E-state index >= 15 is 0 Å². The number of amides is 1. The lowest BCUT2D eigenvalue weighted by atomic mass is 10.2. The zero-order chi connectivity index (χ0) is 8.65. The van der Waals surface area contributed by atoms with Crippen molar-refractivity contribution in [2.24, 2.45) is 0 Å². The van der Waals surface area contributed by atoms with Gasteiger partial charge in [-0.1, -0.05) is 6.42 Å². The maximum atomic E-state index is 11.0. The topological polar surface area (TPSA) is 53.2 Å². The van der Waals surface area contributed by atoms with Crippen molar-refractivity contribution in [3.63, 3.8) is 0 Å². The molecule has 70 valence electrons. The van der Waals surface area contributed by atoms with Gasteiger partial charge in [0.1, 0.15) is 0 Å². The second-order valence-electron chi connectivity index (χ2n) is 3.01. The molecule has 0 aliphatic carbocycles. The van der Waals surface area contributed by atoms with Crippen molar-refractivity contribution in [1.82, 2.24) is 16.0 Å². The molecule has 0 atom stereocenters. The van der Waals surface area contributed by atoms with Gasteiger partial charge in [-0.25, -0.2) is 0 Å². The minimum atomic E-state index is 0.0735. The van der Waals surface area contributed by atoms with E-state index in [0.717, 1.165) is 19.5 Å². The summed E-state index contributed by atoms with van der Waals surface area (Å²) in [5.41, 5.74) is 0. The number of nitrogens with one attached hydrogen (secondary N) is 3. The largest absolute Gasteiger partial charge is 0.342 e. The zero-order valence-electron chi connectivity index (χ0n) is 7.36. The standard InChI is InChI=1S/C8H17N3O/c12-8-6-9-4-2-1-3-5-10-7-11-8/h9-10H,1-7H2,(H,11,12). The van der Waals surface area contributed by atoms with Gasteiger partial charge in [-0.05, 0) is 25.9 Å². The highest BCUT2D eigenvalue weighted by atomic mass is 16.1. The van der Waals surface area contributed by atoms with Gasteiger partial charge in [0, 0.05) is 0 Å². The summed E-state index contributed by atoms with van der Waals surface area (Å²) in [5.74, 6) is 0.0735. The smallest absolute Gasteiger partial charge is 0.234 e. The number of rotatable bonds is 0. The van der Waals surface area contributed by atoms with Gasteiger partial charge in [0.05, 0.1) is 13.2 Å². The normalized spacial score (nSPS) is 22.5. The monoisotopic (exact) mass is 171 g/mol. The van der Waals surface area contributed by atoms with Crippen molar-refractivity contribution in [3.05, 3.63) is 0 Å². The third-order valence-electron chi connectivity index (χ3n) is 1.90. The quantitative estimate of drug-likeness (QED) is 0.457. The summed E-state index contributed by atoms with van der Waals surface area (Å²) < 4.78 is 0. The molecular formula is C8H17N3O. The summed E-state index contributed by atoms with van der Waals surface area (Å²) in [5, 5.41) is 9.01. The van der Waals surface area contributed by atoms with E-state index < -0.39 is 0 Å². The second-order valence-corrected chi connectivity index (χ2v) is 3.01. The summed E-state index contributed by atoms with van der Waals surface area (Å²) in [7, 11) is 0. The molecule has 0 bridgehead atoms. The van der Waals surface area contributed by atoms with Crippen LogP contribution in [0, 0.1) is 0 Å². The molecule has 0 spiro atoms. The highest BCUT2D eigenvalue weighted by molar-refractivity contribution is 5.77. The molecule has 12 heavy (non-hydrogen) atoms. The van der Waals surface area contributed by atoms with Crippen molar-refractivity contribution >= 4 is 5.91 Å². The van der Waals surface area contributed by atoms with Crippen molar-refractivity contribution < 1.29 is 4.79 Å². The Morgan fingerprint density at radius 1 is 1.00 bits per heavy atom. The molecule has 4 heteroatoms. The Balaban J connectivity index is 2.17. The first kappa shape index (κ1) is 9.48. The molecule has 3 N–H and O–H groups in total. The SMILES string of the molecule is O=C1CNCCCCCNCN1. The molecular weight excluding hydrogens is 154 g/mol. The van der Waals surface area contributed by atoms with Gasteiger partial charge in [-0.2, -0.15) is 0 Å². The van der Waals surface area contributed by atoms with Crippen LogP contribution in [0.15, 0.2) is 0 Å². The van der Waals surface area contributed by atoms with Gasteiger partial charge >= 0.3 is 0 Å². The maximum absolute atomic E-state index is 11.0. The fraction of sp³-hybridized carbons (Fsp3) is 0.875. The minimum Gasteiger partial charge on any atom is -0.342 e. The van der Waals surface area contributed by atoms with Crippen LogP contribution in [0.5, 0.6) is 0 Å². The van der Waals surface area contributed by atoms with E-state index in [2.05, 4.69) is 16.0 Å². The van der Waals surface area contributed by atoms with Crippen LogP contribution in [0.1, 0.15) is 19.3 Å². The highest BCUT2D eigenvalue weighted by Crippen LogP contribution is 1.92. The first-order valence-corrected chi connectivity index (χ1v) is 4.58. The van der Waals surface area contributed by atoms with E-state index in [1.54, 1.807) is 0 Å². The highest BCUT2D eigenvalue weighted by Gasteiger charge is 2.00. The summed E-state index contributed by atoms with van der Waals surface area (Å²) in [6.45, 7) is 3.00. The Labute approximate surface area is 73.1 Å². The molecule has 1 aliphatic rings. The lowest BCUT2D eigenvalue weighted by molar-refractivity contribution is -0.120. The molecule has 1 fully saturated rings. The maximum Gasteiger partial charge on any atom is 0.234 e. The molecule has 1 aliphatic heterocycles. The third kappa shape index (κ3) is 4.31. The predicted octanol–water partition coefficient (Wildman–Crippen LogP) is -0.577. The number of hydrogen-bond donors (Lipinski definition) is 3. The van der Waals surface area contributed by atoms with Crippen LogP contribution < -0.4 is 16.0 Å². The molecule has 0 saturated carbocycles. The van der Waals surface area contributed by atoms with Crippen LogP contribution in [0.4, 0.5) is 0 Å². The van der Waals surface area contributed by atoms with Crippen molar-refractivity contribution in [2.75, 3.05) is 26.3 Å². The van der Waals surface area contributed by atoms with Gasteiger partial charge in [0.25, 0.3) is 0 Å². The molecule has 0 radical (unpaired) electrons. The summed E-state index contributed by atoms with van der Waals surface area (Å²) in [4.78, 5) is 11.0. The van der Waals surface area contributed by atoms with E-state index in [-0.39, 0.29) is 5.91 Å². The summed E-state index contributed by atoms with van der Waals surface area (Å²) >= 11 is 0. The first-order valence-electron chi connectivity index (χ1n) is 4.58. The van der Waals surface area contributed by atoms with Crippen LogP contribution in [-0.2, 0) is 4.79 Å². The third-order valence-corrected chi connectivity index (χ3v) is 1.90. The van der Waals surface area contributed by atoms with E-state index in [1.807, 2.05) is 0 Å². The predicted molar refractivity (Wildman–Crippen MR) is 47.7 cm³/mol. The number of carbonyl (C=O) groups is 1. The lowest BCUT2D eigenvalue weighted by Crippen LogP contribution is -2.39. The van der Waals surface area contributed by atoms with Gasteiger partial charge in [-0.15, -0.1) is 0 Å². The molecule has 1 amide bonds. The van der Waals surface area contributed by atoms with Crippen molar-refractivity contribution in [1.29, 1.82) is 0 Å². The van der Waals surface area contributed by atoms with Crippen LogP contribution >= 0.6 is 0 Å². The number of hydrogen-bond acceptors (Lipinski definition) is 3. The Morgan fingerprint density at radius 2 is 1.75 bits per heavy atom. The van der Waals surface area contributed by atoms with Crippen molar-refractivity contribution in [3.8, 4) is 0 Å². The first-order chi connectivity index (χ1) is 5.89. The Morgan fingerprint density at radius 3 is 2.58 bits per heavy atom. The Hall–Kier alpha value is -0.610. The summed E-state index contributed by atoms with van der Waals surface area (Å²) in [6, 6.07) is 0. The molecule has 0 aromatic heterocycles.